The van der Waals surface area contributed by atoms with Crippen LogP contribution in [0.25, 0.3) is 66.8 Å². The number of hydrogen-bond donors (Lipinski definition) is 0. The van der Waals surface area contributed by atoms with Crippen LogP contribution < -0.4 is 4.90 Å². The number of rotatable bonds is 37. The average molecular weight is 1240 g/mol. The number of unbranched alkanes of at least 4 members (excludes halogenated alkanes) is 20. The van der Waals surface area contributed by atoms with E-state index in [1.165, 1.54) is 258 Å². The molecule has 0 spiro atoms. The molecule has 0 bridgehead atoms. The van der Waals surface area contributed by atoms with Gasteiger partial charge < -0.3 is 4.90 Å². The van der Waals surface area contributed by atoms with Crippen molar-refractivity contribution in [2.75, 3.05) is 4.90 Å². The van der Waals surface area contributed by atoms with Gasteiger partial charge in [-0.05, 0) is 194 Å². The van der Waals surface area contributed by atoms with Crippen LogP contribution in [0.2, 0.25) is 0 Å². The van der Waals surface area contributed by atoms with Gasteiger partial charge >= 0.3 is 0 Å². The molecule has 2 aliphatic carbocycles. The Morgan fingerprint density at radius 3 is 0.894 bits per heavy atom. The largest absolute Gasteiger partial charge is 0.311 e. The molecule has 1 nitrogen and oxygen atoms in total. The molecule has 0 amide bonds. The lowest BCUT2D eigenvalue weighted by molar-refractivity contribution is 0.397. The number of aryl methyl sites for hydroxylation is 1. The number of anilines is 3. The van der Waals surface area contributed by atoms with E-state index in [-0.39, 0.29) is 10.8 Å². The van der Waals surface area contributed by atoms with Crippen molar-refractivity contribution in [3.05, 3.63) is 234 Å². The molecule has 0 aliphatic heterocycles. The van der Waals surface area contributed by atoms with E-state index in [1.54, 1.807) is 22.3 Å². The maximum Gasteiger partial charge on any atom is 0.0462 e. The Morgan fingerprint density at radius 1 is 0.277 bits per heavy atom. The monoisotopic (exact) mass is 1240 g/mol. The molecule has 0 saturated carbocycles. The van der Waals surface area contributed by atoms with Crippen molar-refractivity contribution >= 4 is 17.1 Å². The normalized spacial score (nSPS) is 13.6. The van der Waals surface area contributed by atoms with Gasteiger partial charge in [-0.1, -0.05) is 347 Å². The third kappa shape index (κ3) is 15.7. The van der Waals surface area contributed by atoms with Crippen LogP contribution in [-0.4, -0.2) is 0 Å². The van der Waals surface area contributed by atoms with Gasteiger partial charge in [0.25, 0.3) is 0 Å². The molecule has 0 N–H and O–H groups in total. The van der Waals surface area contributed by atoms with E-state index < -0.39 is 0 Å². The molecule has 1 atom stereocenters. The minimum atomic E-state index is -0.0299. The van der Waals surface area contributed by atoms with E-state index in [0.29, 0.717) is 5.92 Å². The molecule has 9 aromatic rings. The van der Waals surface area contributed by atoms with E-state index in [9.17, 15) is 0 Å². The first-order valence-corrected chi connectivity index (χ1v) is 38.0. The van der Waals surface area contributed by atoms with Crippen molar-refractivity contribution < 1.29 is 0 Å². The molecular formula is C93H113N. The van der Waals surface area contributed by atoms with Crippen LogP contribution in [0.1, 0.15) is 267 Å². The molecular weight excluding hydrogens is 1130 g/mol. The van der Waals surface area contributed by atoms with E-state index in [2.05, 4.69) is 254 Å². The number of fused-ring (bicyclic) bond motifs is 6. The zero-order valence-corrected chi connectivity index (χ0v) is 59.1. The fourth-order valence-corrected chi connectivity index (χ4v) is 16.5. The summed E-state index contributed by atoms with van der Waals surface area (Å²) in [5.41, 5.74) is 28.7. The van der Waals surface area contributed by atoms with Gasteiger partial charge in [-0.25, -0.2) is 0 Å². The Bertz CT molecular complexity index is 3750. The van der Waals surface area contributed by atoms with Gasteiger partial charge in [0, 0.05) is 27.9 Å². The zero-order valence-electron chi connectivity index (χ0n) is 59.1. The molecule has 0 fully saturated rings. The Kier molecular flexibility index (Phi) is 24.3. The molecule has 1 heteroatoms. The highest BCUT2D eigenvalue weighted by atomic mass is 15.1. The number of hydrogen-bond acceptors (Lipinski definition) is 1. The molecule has 2 aliphatic rings. The lowest BCUT2D eigenvalue weighted by Crippen LogP contribution is -2.26. The Morgan fingerprint density at radius 2 is 0.553 bits per heavy atom. The maximum absolute atomic E-state index is 2.67. The van der Waals surface area contributed by atoms with Crippen molar-refractivity contribution in [3.8, 4) is 66.8 Å². The zero-order chi connectivity index (χ0) is 65.1. The second-order valence-electron chi connectivity index (χ2n) is 28.8. The highest BCUT2D eigenvalue weighted by Crippen LogP contribution is 2.58. The lowest BCUT2D eigenvalue weighted by atomic mass is 9.69. The summed E-state index contributed by atoms with van der Waals surface area (Å²) in [7, 11) is 0. The summed E-state index contributed by atoms with van der Waals surface area (Å²) in [4.78, 5) is 2.47. The first-order valence-electron chi connectivity index (χ1n) is 38.0. The summed E-state index contributed by atoms with van der Waals surface area (Å²) in [6.45, 7) is 16.3. The molecule has 94 heavy (non-hydrogen) atoms. The standard InChI is InChI=1S/C93H113N/c1-8-13-17-21-25-32-62-92(63-33-26-22-18-14-9-2)88-66-77(71(7)12-5)48-58-84(88)85-60-50-79(68-89(85)92)75-44-54-82(55-45-75)94(81-52-42-73(43-53-81)72-36-30-29-31-37-72)83-56-46-76(47-57-83)80-51-61-87-86-59-49-78(74-40-38-70(6)39-41-74)67-90(86)93(91(87)69-80,64-34-27-23-19-15-10-3)65-35-28-24-20-16-11-4/h29-31,36-61,66-69,71H,8-28,32-35,62-65H2,1-7H3. The van der Waals surface area contributed by atoms with Gasteiger partial charge in [0.1, 0.15) is 0 Å². The van der Waals surface area contributed by atoms with Crippen LogP contribution in [0.15, 0.2) is 200 Å². The first kappa shape index (κ1) is 68.2. The lowest BCUT2D eigenvalue weighted by Gasteiger charge is -2.34. The van der Waals surface area contributed by atoms with Crippen LogP contribution in [0.3, 0.4) is 0 Å². The van der Waals surface area contributed by atoms with Crippen molar-refractivity contribution in [1.82, 2.24) is 0 Å². The molecule has 0 aromatic heterocycles. The van der Waals surface area contributed by atoms with E-state index in [0.717, 1.165) is 23.5 Å². The van der Waals surface area contributed by atoms with E-state index in [4.69, 9.17) is 0 Å². The van der Waals surface area contributed by atoms with Crippen molar-refractivity contribution in [2.24, 2.45) is 0 Å². The molecule has 0 saturated heterocycles. The predicted molar refractivity (Wildman–Crippen MR) is 411 cm³/mol. The number of benzene rings is 9. The predicted octanol–water partition coefficient (Wildman–Crippen LogP) is 29.2. The molecule has 0 radical (unpaired) electrons. The summed E-state index contributed by atoms with van der Waals surface area (Å²) in [6.07, 6.45) is 37.6. The van der Waals surface area contributed by atoms with Gasteiger partial charge in [0.15, 0.2) is 0 Å². The molecule has 490 valence electrons. The maximum atomic E-state index is 2.67. The summed E-state index contributed by atoms with van der Waals surface area (Å²) in [5, 5.41) is 0. The van der Waals surface area contributed by atoms with Gasteiger partial charge in [-0.15, -0.1) is 0 Å². The van der Waals surface area contributed by atoms with Crippen LogP contribution >= 0.6 is 0 Å². The third-order valence-electron chi connectivity index (χ3n) is 22.3. The average Bonchev–Trinajstić information content (AvgIpc) is 1.57. The van der Waals surface area contributed by atoms with Crippen LogP contribution in [0.4, 0.5) is 17.1 Å². The van der Waals surface area contributed by atoms with Crippen LogP contribution in [0.5, 0.6) is 0 Å². The van der Waals surface area contributed by atoms with Crippen LogP contribution in [0, 0.1) is 6.92 Å². The molecule has 1 unspecified atom stereocenters. The van der Waals surface area contributed by atoms with Crippen molar-refractivity contribution in [2.45, 2.75) is 251 Å². The van der Waals surface area contributed by atoms with Gasteiger partial charge in [0.05, 0.1) is 0 Å². The van der Waals surface area contributed by atoms with Gasteiger partial charge in [0.2, 0.25) is 0 Å². The minimum absolute atomic E-state index is 0.0233. The number of nitrogens with zero attached hydrogens (tertiary/aromatic N) is 1. The third-order valence-corrected chi connectivity index (χ3v) is 22.3. The van der Waals surface area contributed by atoms with Crippen molar-refractivity contribution in [1.29, 1.82) is 0 Å². The fraction of sp³-hybridized carbons (Fsp3) is 0.419. The van der Waals surface area contributed by atoms with E-state index >= 15 is 0 Å². The highest BCUT2D eigenvalue weighted by molar-refractivity contribution is 5.88. The summed E-state index contributed by atoms with van der Waals surface area (Å²) < 4.78 is 0. The molecule has 11 rings (SSSR count). The Hall–Kier alpha value is -7.22. The second-order valence-corrected chi connectivity index (χ2v) is 28.8. The fourth-order valence-electron chi connectivity index (χ4n) is 16.5. The topological polar surface area (TPSA) is 3.24 Å². The van der Waals surface area contributed by atoms with Gasteiger partial charge in [-0.2, -0.15) is 0 Å². The van der Waals surface area contributed by atoms with Crippen molar-refractivity contribution in [3.63, 3.8) is 0 Å². The van der Waals surface area contributed by atoms with E-state index in [1.807, 2.05) is 0 Å². The first-order chi connectivity index (χ1) is 46.2. The molecule has 9 aromatic carbocycles. The highest BCUT2D eigenvalue weighted by Gasteiger charge is 2.44. The minimum Gasteiger partial charge on any atom is -0.311 e. The summed E-state index contributed by atoms with van der Waals surface area (Å²) >= 11 is 0. The van der Waals surface area contributed by atoms with Gasteiger partial charge in [-0.3, -0.25) is 0 Å². The summed E-state index contributed by atoms with van der Waals surface area (Å²) in [6, 6.07) is 78.6. The Labute approximate surface area is 570 Å². The smallest absolute Gasteiger partial charge is 0.0462 e. The second kappa shape index (κ2) is 33.4. The molecule has 0 heterocycles. The SMILES string of the molecule is CCCCCCCCC1(CCCCCCCC)c2cc(-c3ccc(C)cc3)ccc2-c2ccc(-c3ccc(N(c4ccc(-c5ccccc5)cc4)c4ccc(-c5ccc6c(c5)C(CCCCCCCC)(CCCCCCCC)c5cc(C(C)CC)ccc5-6)cc4)cc3)cc21. The Balaban J connectivity index is 0.944. The quantitative estimate of drug-likeness (QED) is 0.0351. The van der Waals surface area contributed by atoms with Crippen LogP contribution in [-0.2, 0) is 10.8 Å². The summed E-state index contributed by atoms with van der Waals surface area (Å²) in [5.74, 6) is 0.547.